The quantitative estimate of drug-likeness (QED) is 0.447. The van der Waals surface area contributed by atoms with Crippen LogP contribution in [0.2, 0.25) is 5.02 Å². The van der Waals surface area contributed by atoms with E-state index in [1.165, 1.54) is 0 Å². The lowest BCUT2D eigenvalue weighted by Crippen LogP contribution is -2.39. The van der Waals surface area contributed by atoms with Crippen molar-refractivity contribution in [2.75, 3.05) is 26.5 Å². The summed E-state index contributed by atoms with van der Waals surface area (Å²) < 4.78 is 16.6. The van der Waals surface area contributed by atoms with Crippen LogP contribution in [0.25, 0.3) is 0 Å². The van der Waals surface area contributed by atoms with Gasteiger partial charge in [0.25, 0.3) is 0 Å². The predicted octanol–water partition coefficient (Wildman–Crippen LogP) is 4.50. The molecule has 0 aromatic heterocycles. The van der Waals surface area contributed by atoms with E-state index >= 15 is 0 Å². The lowest BCUT2D eigenvalue weighted by atomic mass is 10.0. The Balaban J connectivity index is 1.22. The Kier molecular flexibility index (Phi) is 7.37. The minimum Gasteiger partial charge on any atom is -0.491 e. The van der Waals surface area contributed by atoms with Gasteiger partial charge in [0, 0.05) is 36.6 Å². The molecule has 0 aliphatic carbocycles. The van der Waals surface area contributed by atoms with Crippen molar-refractivity contribution in [2.45, 2.75) is 25.2 Å². The summed E-state index contributed by atoms with van der Waals surface area (Å²) in [5, 5.41) is 15.7. The summed E-state index contributed by atoms with van der Waals surface area (Å²) in [6, 6.07) is 23.0. The van der Waals surface area contributed by atoms with Crippen LogP contribution in [-0.2, 0) is 11.4 Å². The average Bonchev–Trinajstić information content (AvgIpc) is 3.54. The van der Waals surface area contributed by atoms with E-state index in [1.807, 2.05) is 72.8 Å². The average molecular weight is 495 g/mol. The molecule has 0 amide bonds. The minimum atomic E-state index is -0.687. The molecule has 3 aromatic carbocycles. The highest BCUT2D eigenvalue weighted by Gasteiger charge is 2.27. The summed E-state index contributed by atoms with van der Waals surface area (Å²) in [6.07, 6.45) is -0.191. The molecule has 1 N–H and O–H groups in total. The van der Waals surface area contributed by atoms with Gasteiger partial charge in [-0.3, -0.25) is 4.90 Å². The first kappa shape index (κ1) is 23.5. The molecule has 0 saturated carbocycles. The Labute approximate surface area is 209 Å². The van der Waals surface area contributed by atoms with Crippen molar-refractivity contribution in [2.24, 2.45) is 5.16 Å². The number of rotatable bonds is 10. The van der Waals surface area contributed by atoms with E-state index in [-0.39, 0.29) is 19.5 Å². The third-order valence-corrected chi connectivity index (χ3v) is 6.28. The molecule has 2 atom stereocenters. The maximum Gasteiger partial charge on any atom is 0.231 e. The first-order valence-corrected chi connectivity index (χ1v) is 12.0. The third kappa shape index (κ3) is 6.06. The van der Waals surface area contributed by atoms with Crippen molar-refractivity contribution < 1.29 is 24.2 Å². The van der Waals surface area contributed by atoms with Gasteiger partial charge in [-0.2, -0.15) is 0 Å². The van der Waals surface area contributed by atoms with Crippen LogP contribution >= 0.6 is 11.6 Å². The molecule has 2 aliphatic rings. The Morgan fingerprint density at radius 3 is 2.69 bits per heavy atom. The van der Waals surface area contributed by atoms with E-state index in [0.29, 0.717) is 31.1 Å². The number of hydrogen-bond donors (Lipinski definition) is 1. The Hall–Kier alpha value is -3.26. The monoisotopic (exact) mass is 494 g/mol. The molecule has 2 unspecified atom stereocenters. The maximum atomic E-state index is 10.7. The summed E-state index contributed by atoms with van der Waals surface area (Å²) in [5.41, 5.74) is 2.80. The van der Waals surface area contributed by atoms with E-state index in [2.05, 4.69) is 10.1 Å². The first-order chi connectivity index (χ1) is 17.1. The lowest BCUT2D eigenvalue weighted by molar-refractivity contribution is 0.0213. The van der Waals surface area contributed by atoms with Gasteiger partial charge in [0.1, 0.15) is 24.6 Å². The smallest absolute Gasteiger partial charge is 0.231 e. The molecule has 35 heavy (non-hydrogen) atoms. The van der Waals surface area contributed by atoms with Crippen molar-refractivity contribution in [1.82, 2.24) is 4.90 Å². The van der Waals surface area contributed by atoms with Gasteiger partial charge in [-0.25, -0.2) is 0 Å². The summed E-state index contributed by atoms with van der Waals surface area (Å²) in [5.74, 6) is 2.18. The lowest BCUT2D eigenvalue weighted by Gasteiger charge is -2.27. The van der Waals surface area contributed by atoms with Gasteiger partial charge in [-0.15, -0.1) is 0 Å². The second-order valence-corrected chi connectivity index (χ2v) is 9.01. The molecule has 182 valence electrons. The van der Waals surface area contributed by atoms with Gasteiger partial charge in [-0.05, 0) is 42.0 Å². The molecule has 2 aliphatic heterocycles. The highest BCUT2D eigenvalue weighted by molar-refractivity contribution is 6.31. The van der Waals surface area contributed by atoms with Crippen LogP contribution in [0.3, 0.4) is 0 Å². The van der Waals surface area contributed by atoms with Crippen LogP contribution in [0.4, 0.5) is 0 Å². The maximum absolute atomic E-state index is 10.7. The molecular weight excluding hydrogens is 468 g/mol. The summed E-state index contributed by atoms with van der Waals surface area (Å²) >= 11 is 6.42. The second-order valence-electron chi connectivity index (χ2n) is 8.60. The van der Waals surface area contributed by atoms with Crippen LogP contribution in [0.5, 0.6) is 17.2 Å². The molecule has 5 rings (SSSR count). The molecule has 2 heterocycles. The van der Waals surface area contributed by atoms with E-state index in [1.54, 1.807) is 0 Å². The van der Waals surface area contributed by atoms with E-state index in [0.717, 1.165) is 34.1 Å². The fourth-order valence-corrected chi connectivity index (χ4v) is 4.39. The second kappa shape index (κ2) is 11.0. The molecule has 0 saturated heterocycles. The number of aliphatic hydroxyl groups is 1. The summed E-state index contributed by atoms with van der Waals surface area (Å²) in [4.78, 5) is 7.91. The number of halogens is 1. The van der Waals surface area contributed by atoms with Gasteiger partial charge in [0.15, 0.2) is 11.5 Å². The molecule has 0 bridgehead atoms. The van der Waals surface area contributed by atoms with Crippen LogP contribution in [-0.4, -0.2) is 54.4 Å². The van der Waals surface area contributed by atoms with Gasteiger partial charge < -0.3 is 24.2 Å². The van der Waals surface area contributed by atoms with Crippen molar-refractivity contribution in [3.8, 4) is 17.2 Å². The molecule has 0 fully saturated rings. The number of nitrogens with zero attached hydrogens (tertiary/aromatic N) is 2. The van der Waals surface area contributed by atoms with Crippen molar-refractivity contribution in [3.05, 3.63) is 88.9 Å². The number of benzene rings is 3. The first-order valence-electron chi connectivity index (χ1n) is 11.6. The molecule has 0 radical (unpaired) electrons. The molecular formula is C27H27ClN2O5. The number of oxime groups is 1. The summed E-state index contributed by atoms with van der Waals surface area (Å²) in [7, 11) is 0. The highest BCUT2D eigenvalue weighted by atomic mass is 35.5. The zero-order chi connectivity index (χ0) is 24.0. The third-order valence-electron chi connectivity index (χ3n) is 5.91. The zero-order valence-corrected chi connectivity index (χ0v) is 19.9. The van der Waals surface area contributed by atoms with Gasteiger partial charge in [0.05, 0.1) is 5.71 Å². The number of aliphatic hydroxyl groups excluding tert-OH is 1. The summed E-state index contributed by atoms with van der Waals surface area (Å²) in [6.45, 7) is 1.97. The Morgan fingerprint density at radius 1 is 1.03 bits per heavy atom. The normalized spacial score (nSPS) is 17.2. The van der Waals surface area contributed by atoms with Gasteiger partial charge >= 0.3 is 0 Å². The van der Waals surface area contributed by atoms with Gasteiger partial charge in [0.2, 0.25) is 6.79 Å². The zero-order valence-electron chi connectivity index (χ0n) is 19.2. The Morgan fingerprint density at radius 2 is 1.83 bits per heavy atom. The van der Waals surface area contributed by atoms with Gasteiger partial charge in [-0.1, -0.05) is 53.2 Å². The van der Waals surface area contributed by atoms with Crippen LogP contribution in [0, 0.1) is 0 Å². The van der Waals surface area contributed by atoms with Crippen molar-refractivity contribution in [1.29, 1.82) is 0 Å². The van der Waals surface area contributed by atoms with Crippen LogP contribution in [0.15, 0.2) is 78.0 Å². The standard InChI is InChI=1S/C27H27ClN2O5/c28-24-9-5-4-6-20(24)14-30(15-21(31)17-32-22-7-2-1-3-8-22)16-23-13-25(29-35-23)19-10-11-26-27(12-19)34-18-33-26/h1-12,21,23,31H,13-18H2. The molecule has 0 spiro atoms. The number of para-hydroxylation sites is 1. The fourth-order valence-electron chi connectivity index (χ4n) is 4.19. The minimum absolute atomic E-state index is 0.153. The molecule has 7 nitrogen and oxygen atoms in total. The predicted molar refractivity (Wildman–Crippen MR) is 133 cm³/mol. The van der Waals surface area contributed by atoms with E-state index < -0.39 is 6.10 Å². The number of hydrogen-bond acceptors (Lipinski definition) is 7. The van der Waals surface area contributed by atoms with Crippen molar-refractivity contribution in [3.63, 3.8) is 0 Å². The van der Waals surface area contributed by atoms with E-state index in [4.69, 9.17) is 30.6 Å². The van der Waals surface area contributed by atoms with Crippen LogP contribution in [0.1, 0.15) is 17.5 Å². The highest BCUT2D eigenvalue weighted by Crippen LogP contribution is 2.33. The number of fused-ring (bicyclic) bond motifs is 1. The Bertz CT molecular complexity index is 1170. The van der Waals surface area contributed by atoms with E-state index in [9.17, 15) is 5.11 Å². The SMILES string of the molecule is OC(COc1ccccc1)CN(Cc1ccccc1Cl)CC1CC(c2ccc3c(c2)OCO3)=NO1. The van der Waals surface area contributed by atoms with Crippen molar-refractivity contribution >= 4 is 17.3 Å². The largest absolute Gasteiger partial charge is 0.491 e. The topological polar surface area (TPSA) is 72.8 Å². The fraction of sp³-hybridized carbons (Fsp3) is 0.296. The number of ether oxygens (including phenoxy) is 3. The molecule has 3 aromatic rings. The van der Waals surface area contributed by atoms with Crippen LogP contribution < -0.4 is 14.2 Å². The molecule has 8 heteroatoms.